The molecule has 0 bridgehead atoms. The molecule has 1 heterocycles. The molecule has 1 aromatic rings. The first-order valence-corrected chi connectivity index (χ1v) is 7.50. The van der Waals surface area contributed by atoms with Crippen LogP contribution < -0.4 is 15.8 Å². The number of nitrogens with two attached hydrogens (primary N) is 1. The summed E-state index contributed by atoms with van der Waals surface area (Å²) in [6, 6.07) is 3.59. The van der Waals surface area contributed by atoms with Gasteiger partial charge in [-0.25, -0.2) is 8.42 Å². The molecule has 0 radical (unpaired) electrons. The van der Waals surface area contributed by atoms with E-state index in [-0.39, 0.29) is 23.4 Å². The minimum atomic E-state index is -3.90. The summed E-state index contributed by atoms with van der Waals surface area (Å²) >= 11 is 0. The van der Waals surface area contributed by atoms with Gasteiger partial charge in [0, 0.05) is 6.42 Å². The van der Waals surface area contributed by atoms with Gasteiger partial charge in [0.1, 0.15) is 10.9 Å². The van der Waals surface area contributed by atoms with Gasteiger partial charge in [-0.3, -0.25) is 14.9 Å². The highest BCUT2D eigenvalue weighted by molar-refractivity contribution is 7.89. The standard InChI is InChI=1S/C12H15N3O4S/c1-7-2-4-10(8(13)6-7)20(18,19)15-9-3-5-11(16)14-12(9)17/h2,4,6,9,15H,3,5,13H2,1H3,(H,14,16,17). The van der Waals surface area contributed by atoms with Gasteiger partial charge in [-0.1, -0.05) is 6.07 Å². The molecule has 1 aliphatic rings. The lowest BCUT2D eigenvalue weighted by Crippen LogP contribution is -2.52. The highest BCUT2D eigenvalue weighted by Crippen LogP contribution is 2.20. The maximum absolute atomic E-state index is 12.2. The van der Waals surface area contributed by atoms with Crippen LogP contribution in [0.15, 0.2) is 23.1 Å². The van der Waals surface area contributed by atoms with Crippen LogP contribution in [-0.4, -0.2) is 26.3 Å². The molecule has 2 amide bonds. The number of rotatable bonds is 3. The summed E-state index contributed by atoms with van der Waals surface area (Å²) in [7, 11) is -3.90. The molecule has 1 unspecified atom stereocenters. The zero-order valence-corrected chi connectivity index (χ0v) is 11.7. The van der Waals surface area contributed by atoms with E-state index in [1.54, 1.807) is 19.1 Å². The molecule has 7 nitrogen and oxygen atoms in total. The molecular formula is C12H15N3O4S. The maximum Gasteiger partial charge on any atom is 0.244 e. The number of nitrogen functional groups attached to an aromatic ring is 1. The van der Waals surface area contributed by atoms with Crippen LogP contribution in [0.3, 0.4) is 0 Å². The van der Waals surface area contributed by atoms with Crippen LogP contribution in [0, 0.1) is 6.92 Å². The van der Waals surface area contributed by atoms with E-state index in [0.29, 0.717) is 0 Å². The average Bonchev–Trinajstić information content (AvgIpc) is 2.32. The third-order valence-corrected chi connectivity index (χ3v) is 4.54. The highest BCUT2D eigenvalue weighted by atomic mass is 32.2. The minimum absolute atomic E-state index is 0.0761. The predicted octanol–water partition coefficient (Wildman–Crippen LogP) is -0.339. The number of aryl methyl sites for hydroxylation is 1. The van der Waals surface area contributed by atoms with E-state index in [1.165, 1.54) is 6.07 Å². The van der Waals surface area contributed by atoms with Gasteiger partial charge in [-0.05, 0) is 31.0 Å². The fourth-order valence-corrected chi connectivity index (χ4v) is 3.31. The zero-order valence-electron chi connectivity index (χ0n) is 10.8. The van der Waals surface area contributed by atoms with Crippen molar-refractivity contribution in [3.8, 4) is 0 Å². The first-order valence-electron chi connectivity index (χ1n) is 6.02. The molecule has 1 atom stereocenters. The summed E-state index contributed by atoms with van der Waals surface area (Å²) in [5.41, 5.74) is 6.65. The lowest BCUT2D eigenvalue weighted by Gasteiger charge is -2.22. The van der Waals surface area contributed by atoms with Gasteiger partial charge in [-0.15, -0.1) is 0 Å². The fourth-order valence-electron chi connectivity index (χ4n) is 1.97. The lowest BCUT2D eigenvalue weighted by atomic mass is 10.1. The summed E-state index contributed by atoms with van der Waals surface area (Å²) < 4.78 is 26.7. The van der Waals surface area contributed by atoms with Crippen molar-refractivity contribution in [1.82, 2.24) is 10.0 Å². The quantitative estimate of drug-likeness (QED) is 0.521. The summed E-state index contributed by atoms with van der Waals surface area (Å²) in [4.78, 5) is 22.5. The number of amides is 2. The first-order chi connectivity index (χ1) is 9.29. The molecule has 1 aliphatic heterocycles. The fraction of sp³-hybridized carbons (Fsp3) is 0.333. The molecule has 1 aromatic carbocycles. The third kappa shape index (κ3) is 2.97. The summed E-state index contributed by atoms with van der Waals surface area (Å²) in [6.45, 7) is 1.79. The Bertz CT molecular complexity index is 669. The second-order valence-electron chi connectivity index (χ2n) is 4.67. The van der Waals surface area contributed by atoms with Gasteiger partial charge in [0.15, 0.2) is 0 Å². The Hall–Kier alpha value is -1.93. The lowest BCUT2D eigenvalue weighted by molar-refractivity contribution is -0.134. The molecule has 0 aromatic heterocycles. The molecule has 8 heteroatoms. The van der Waals surface area contributed by atoms with Crippen molar-refractivity contribution in [2.45, 2.75) is 30.7 Å². The molecule has 1 saturated heterocycles. The molecule has 1 fully saturated rings. The van der Waals surface area contributed by atoms with E-state index in [9.17, 15) is 18.0 Å². The molecule has 0 spiro atoms. The zero-order chi connectivity index (χ0) is 14.9. The Labute approximate surface area is 116 Å². The van der Waals surface area contributed by atoms with Gasteiger partial charge in [0.05, 0.1) is 5.69 Å². The van der Waals surface area contributed by atoms with Crippen LogP contribution in [0.2, 0.25) is 0 Å². The number of sulfonamides is 1. The number of anilines is 1. The molecular weight excluding hydrogens is 282 g/mol. The van der Waals surface area contributed by atoms with Crippen LogP contribution in [-0.2, 0) is 19.6 Å². The topological polar surface area (TPSA) is 118 Å². The second kappa shape index (κ2) is 5.22. The average molecular weight is 297 g/mol. The first kappa shape index (κ1) is 14.5. The van der Waals surface area contributed by atoms with Crippen molar-refractivity contribution in [1.29, 1.82) is 0 Å². The van der Waals surface area contributed by atoms with E-state index >= 15 is 0 Å². The largest absolute Gasteiger partial charge is 0.398 e. The van der Waals surface area contributed by atoms with E-state index < -0.39 is 27.9 Å². The highest BCUT2D eigenvalue weighted by Gasteiger charge is 2.31. The van der Waals surface area contributed by atoms with Crippen molar-refractivity contribution < 1.29 is 18.0 Å². The number of carbonyl (C=O) groups is 2. The van der Waals surface area contributed by atoms with Gasteiger partial charge in [0.2, 0.25) is 21.8 Å². The van der Waals surface area contributed by atoms with Crippen molar-refractivity contribution >= 4 is 27.5 Å². The van der Waals surface area contributed by atoms with Crippen LogP contribution in [0.1, 0.15) is 18.4 Å². The van der Waals surface area contributed by atoms with E-state index in [0.717, 1.165) is 5.56 Å². The number of imide groups is 1. The number of benzene rings is 1. The molecule has 0 aliphatic carbocycles. The van der Waals surface area contributed by atoms with Gasteiger partial charge < -0.3 is 5.73 Å². The van der Waals surface area contributed by atoms with Crippen molar-refractivity contribution in [3.05, 3.63) is 23.8 Å². The Morgan fingerprint density at radius 1 is 1.35 bits per heavy atom. The van der Waals surface area contributed by atoms with Gasteiger partial charge in [0.25, 0.3) is 0 Å². The number of hydrogen-bond donors (Lipinski definition) is 3. The summed E-state index contributed by atoms with van der Waals surface area (Å²) in [6.07, 6.45) is 0.234. The Kier molecular flexibility index (Phi) is 3.78. The third-order valence-electron chi connectivity index (χ3n) is 2.99. The maximum atomic E-state index is 12.2. The van der Waals surface area contributed by atoms with Crippen LogP contribution >= 0.6 is 0 Å². The molecule has 20 heavy (non-hydrogen) atoms. The smallest absolute Gasteiger partial charge is 0.244 e. The van der Waals surface area contributed by atoms with Crippen LogP contribution in [0.25, 0.3) is 0 Å². The van der Waals surface area contributed by atoms with Crippen molar-refractivity contribution in [3.63, 3.8) is 0 Å². The monoisotopic (exact) mass is 297 g/mol. The summed E-state index contributed by atoms with van der Waals surface area (Å²) in [5, 5.41) is 2.09. The van der Waals surface area contributed by atoms with E-state index in [2.05, 4.69) is 10.0 Å². The van der Waals surface area contributed by atoms with Gasteiger partial charge >= 0.3 is 0 Å². The Balaban J connectivity index is 2.23. The Morgan fingerprint density at radius 3 is 2.65 bits per heavy atom. The number of carbonyl (C=O) groups excluding carboxylic acids is 2. The van der Waals surface area contributed by atoms with E-state index in [1.807, 2.05) is 0 Å². The number of piperidine rings is 1. The minimum Gasteiger partial charge on any atom is -0.398 e. The predicted molar refractivity (Wildman–Crippen MR) is 72.1 cm³/mol. The van der Waals surface area contributed by atoms with E-state index in [4.69, 9.17) is 5.73 Å². The number of nitrogens with one attached hydrogen (secondary N) is 2. The van der Waals surface area contributed by atoms with Crippen LogP contribution in [0.4, 0.5) is 5.69 Å². The van der Waals surface area contributed by atoms with Crippen molar-refractivity contribution in [2.24, 2.45) is 0 Å². The Morgan fingerprint density at radius 2 is 2.05 bits per heavy atom. The normalized spacial score (nSPS) is 19.8. The summed E-state index contributed by atoms with van der Waals surface area (Å²) in [5.74, 6) is -1.05. The van der Waals surface area contributed by atoms with Crippen LogP contribution in [0.5, 0.6) is 0 Å². The molecule has 0 saturated carbocycles. The molecule has 108 valence electrons. The SMILES string of the molecule is Cc1ccc(S(=O)(=O)NC2CCC(=O)NC2=O)c(N)c1. The van der Waals surface area contributed by atoms with Crippen molar-refractivity contribution in [2.75, 3.05) is 5.73 Å². The molecule has 2 rings (SSSR count). The number of hydrogen-bond acceptors (Lipinski definition) is 5. The molecule has 4 N–H and O–H groups in total. The van der Waals surface area contributed by atoms with Gasteiger partial charge in [-0.2, -0.15) is 4.72 Å². The second-order valence-corrected chi connectivity index (χ2v) is 6.35.